The van der Waals surface area contributed by atoms with E-state index in [1.54, 1.807) is 18.3 Å². The predicted molar refractivity (Wildman–Crippen MR) is 119 cm³/mol. The molecule has 6 heterocycles. The van der Waals surface area contributed by atoms with Crippen LogP contribution in [0.4, 0.5) is 24.0 Å². The standard InChI is InChI=1S/C22H16F3N5O4S/c23-22(24,25)11-1-2-17(27-8-11)33-14-6-15(19-26-3-4-35-19)18-16(7-14)28-20(34-18)29-9-12-5-13(10-29)30(12)21(31)32/h1-4,6-8,12-13H,5,9-10H2,(H,31,32). The van der Waals surface area contributed by atoms with Crippen molar-refractivity contribution in [3.05, 3.63) is 47.6 Å². The van der Waals surface area contributed by atoms with Crippen molar-refractivity contribution >= 4 is 34.5 Å². The van der Waals surface area contributed by atoms with E-state index in [1.807, 2.05) is 10.3 Å². The first-order chi connectivity index (χ1) is 16.8. The lowest BCUT2D eigenvalue weighted by Crippen LogP contribution is -2.70. The van der Waals surface area contributed by atoms with Crippen LogP contribution in [0.3, 0.4) is 0 Å². The summed E-state index contributed by atoms with van der Waals surface area (Å²) in [4.78, 5) is 27.5. The van der Waals surface area contributed by atoms with E-state index in [2.05, 4.69) is 15.0 Å². The molecule has 13 heteroatoms. The van der Waals surface area contributed by atoms with Gasteiger partial charge in [0.2, 0.25) is 5.88 Å². The fraction of sp³-hybridized carbons (Fsp3) is 0.273. The SMILES string of the molecule is O=C(O)N1C2CC1CN(c1nc3cc(Oc4ccc(C(F)(F)F)cn4)cc(-c4nccs4)c3o1)C2. The number of amides is 1. The average Bonchev–Trinajstić information content (AvgIpc) is 3.48. The zero-order valence-corrected chi connectivity index (χ0v) is 18.6. The highest BCUT2D eigenvalue weighted by atomic mass is 32.1. The first kappa shape index (κ1) is 21.6. The third kappa shape index (κ3) is 3.81. The molecule has 180 valence electrons. The number of hydrogen-bond donors (Lipinski definition) is 1. The Balaban J connectivity index is 1.33. The van der Waals surface area contributed by atoms with Crippen molar-refractivity contribution in [1.29, 1.82) is 0 Å². The second kappa shape index (κ2) is 7.83. The lowest BCUT2D eigenvalue weighted by molar-refractivity contribution is -0.137. The fourth-order valence-electron chi connectivity index (χ4n) is 4.51. The number of thiazole rings is 1. The minimum absolute atomic E-state index is 0.00367. The van der Waals surface area contributed by atoms with E-state index in [9.17, 15) is 23.1 Å². The molecule has 0 aliphatic carbocycles. The number of anilines is 1. The van der Waals surface area contributed by atoms with Gasteiger partial charge in [0.1, 0.15) is 16.3 Å². The van der Waals surface area contributed by atoms with Crippen LogP contribution in [0, 0.1) is 0 Å². The van der Waals surface area contributed by atoms with Gasteiger partial charge in [-0.15, -0.1) is 11.3 Å². The minimum atomic E-state index is -4.49. The molecule has 1 N–H and O–H groups in total. The van der Waals surface area contributed by atoms with Crippen LogP contribution >= 0.6 is 11.3 Å². The summed E-state index contributed by atoms with van der Waals surface area (Å²) < 4.78 is 50.3. The van der Waals surface area contributed by atoms with Gasteiger partial charge in [-0.25, -0.2) is 14.8 Å². The summed E-state index contributed by atoms with van der Waals surface area (Å²) in [6.07, 6.45) is -2.24. The maximum Gasteiger partial charge on any atom is 0.417 e. The molecule has 3 fully saturated rings. The van der Waals surface area contributed by atoms with Crippen LogP contribution in [0.1, 0.15) is 12.0 Å². The molecule has 3 saturated heterocycles. The van der Waals surface area contributed by atoms with Crippen LogP contribution in [0.2, 0.25) is 0 Å². The topological polar surface area (TPSA) is 105 Å². The predicted octanol–water partition coefficient (Wildman–Crippen LogP) is 5.10. The van der Waals surface area contributed by atoms with Gasteiger partial charge < -0.3 is 19.2 Å². The zero-order valence-electron chi connectivity index (χ0n) is 17.8. The van der Waals surface area contributed by atoms with Gasteiger partial charge >= 0.3 is 12.3 Å². The van der Waals surface area contributed by atoms with Gasteiger partial charge in [0.25, 0.3) is 6.01 Å². The number of carboxylic acid groups (broad SMARTS) is 1. The van der Waals surface area contributed by atoms with E-state index in [-0.39, 0.29) is 18.0 Å². The summed E-state index contributed by atoms with van der Waals surface area (Å²) in [5, 5.41) is 11.8. The Hall–Kier alpha value is -3.87. The number of pyridine rings is 1. The molecule has 4 aromatic rings. The molecule has 1 aromatic carbocycles. The first-order valence-electron chi connectivity index (χ1n) is 10.6. The number of alkyl halides is 3. The number of aromatic nitrogens is 3. The van der Waals surface area contributed by atoms with E-state index >= 15 is 0 Å². The number of piperidine rings is 1. The van der Waals surface area contributed by atoms with E-state index < -0.39 is 17.8 Å². The molecule has 7 rings (SSSR count). The Morgan fingerprint density at radius 1 is 1.20 bits per heavy atom. The van der Waals surface area contributed by atoms with Gasteiger partial charge in [-0.1, -0.05) is 0 Å². The Morgan fingerprint density at radius 3 is 2.63 bits per heavy atom. The number of rotatable bonds is 4. The molecule has 2 unspecified atom stereocenters. The van der Waals surface area contributed by atoms with Crippen molar-refractivity contribution in [3.63, 3.8) is 0 Å². The second-order valence-electron chi connectivity index (χ2n) is 8.28. The van der Waals surface area contributed by atoms with Crippen molar-refractivity contribution in [2.75, 3.05) is 18.0 Å². The van der Waals surface area contributed by atoms with E-state index in [1.165, 1.54) is 16.2 Å². The van der Waals surface area contributed by atoms with Gasteiger partial charge in [0.05, 0.1) is 23.2 Å². The van der Waals surface area contributed by atoms with E-state index in [0.29, 0.717) is 52.7 Å². The minimum Gasteiger partial charge on any atom is -0.465 e. The van der Waals surface area contributed by atoms with Gasteiger partial charge in [0, 0.05) is 43.0 Å². The molecule has 9 nitrogen and oxygen atoms in total. The van der Waals surface area contributed by atoms with Crippen LogP contribution in [-0.2, 0) is 6.18 Å². The number of ether oxygens (including phenoxy) is 1. The summed E-state index contributed by atoms with van der Waals surface area (Å²) in [5.41, 5.74) is 0.708. The summed E-state index contributed by atoms with van der Waals surface area (Å²) in [6, 6.07) is 5.50. The Kier molecular flexibility index (Phi) is 4.85. The summed E-state index contributed by atoms with van der Waals surface area (Å²) in [6.45, 7) is 0.947. The van der Waals surface area contributed by atoms with Gasteiger partial charge in [-0.3, -0.25) is 4.90 Å². The van der Waals surface area contributed by atoms with Crippen molar-refractivity contribution in [2.24, 2.45) is 0 Å². The number of fused-ring (bicyclic) bond motifs is 3. The molecule has 2 bridgehead atoms. The largest absolute Gasteiger partial charge is 0.465 e. The van der Waals surface area contributed by atoms with Crippen molar-refractivity contribution < 1.29 is 32.2 Å². The van der Waals surface area contributed by atoms with Crippen molar-refractivity contribution in [1.82, 2.24) is 19.9 Å². The van der Waals surface area contributed by atoms with E-state index in [0.717, 1.165) is 18.6 Å². The van der Waals surface area contributed by atoms with Crippen LogP contribution in [0.15, 0.2) is 46.5 Å². The number of carbonyl (C=O) groups is 1. The number of oxazole rings is 1. The molecule has 3 aliphatic rings. The Morgan fingerprint density at radius 2 is 2.00 bits per heavy atom. The molecule has 0 radical (unpaired) electrons. The molecule has 35 heavy (non-hydrogen) atoms. The maximum atomic E-state index is 12.8. The average molecular weight is 503 g/mol. The number of piperazine rings is 1. The normalized spacial score (nSPS) is 19.6. The van der Waals surface area contributed by atoms with Gasteiger partial charge in [-0.2, -0.15) is 18.2 Å². The smallest absolute Gasteiger partial charge is 0.417 e. The Bertz CT molecular complexity index is 1400. The third-order valence-electron chi connectivity index (χ3n) is 6.09. The highest BCUT2D eigenvalue weighted by Gasteiger charge is 2.48. The summed E-state index contributed by atoms with van der Waals surface area (Å²) in [5.74, 6) is 0.310. The number of halogens is 3. The van der Waals surface area contributed by atoms with Crippen LogP contribution in [-0.4, -0.2) is 56.2 Å². The maximum absolute atomic E-state index is 12.8. The summed E-state index contributed by atoms with van der Waals surface area (Å²) in [7, 11) is 0. The fourth-order valence-corrected chi connectivity index (χ4v) is 5.16. The molecular weight excluding hydrogens is 487 g/mol. The molecule has 3 aromatic heterocycles. The van der Waals surface area contributed by atoms with Crippen molar-refractivity contribution in [3.8, 4) is 22.2 Å². The van der Waals surface area contributed by atoms with Gasteiger partial charge in [0.15, 0.2) is 5.58 Å². The molecule has 3 aliphatic heterocycles. The molecule has 1 amide bonds. The number of hydrogen-bond acceptors (Lipinski definition) is 8. The monoisotopic (exact) mass is 503 g/mol. The van der Waals surface area contributed by atoms with Crippen LogP contribution in [0.5, 0.6) is 11.6 Å². The molecule has 2 atom stereocenters. The molecular formula is C22H16F3N5O4S. The number of benzene rings is 1. The van der Waals surface area contributed by atoms with Crippen molar-refractivity contribution in [2.45, 2.75) is 24.7 Å². The van der Waals surface area contributed by atoms with Gasteiger partial charge in [-0.05, 0) is 18.6 Å². The quantitative estimate of drug-likeness (QED) is 0.410. The summed E-state index contributed by atoms with van der Waals surface area (Å²) >= 11 is 1.39. The van der Waals surface area contributed by atoms with Crippen LogP contribution < -0.4 is 9.64 Å². The highest BCUT2D eigenvalue weighted by Crippen LogP contribution is 2.40. The Labute approximate surface area is 199 Å². The highest BCUT2D eigenvalue weighted by molar-refractivity contribution is 7.13. The second-order valence-corrected chi connectivity index (χ2v) is 9.17. The lowest BCUT2D eigenvalue weighted by Gasteiger charge is -2.54. The first-order valence-corrected chi connectivity index (χ1v) is 11.5. The lowest BCUT2D eigenvalue weighted by atomic mass is 9.88. The van der Waals surface area contributed by atoms with E-state index in [4.69, 9.17) is 9.15 Å². The number of nitrogens with zero attached hydrogens (tertiary/aromatic N) is 5. The van der Waals surface area contributed by atoms with Crippen LogP contribution in [0.25, 0.3) is 21.7 Å². The molecule has 0 spiro atoms. The third-order valence-corrected chi connectivity index (χ3v) is 6.89. The molecule has 0 saturated carbocycles. The zero-order chi connectivity index (χ0) is 24.3.